The van der Waals surface area contributed by atoms with Gasteiger partial charge in [0.1, 0.15) is 0 Å². The topological polar surface area (TPSA) is 62.6 Å². The average molecular weight is 411 g/mol. The molecule has 5 nitrogen and oxygen atoms in total. The molecule has 3 rings (SSSR count). The second kappa shape index (κ2) is 8.53. The van der Waals surface area contributed by atoms with E-state index < -0.39 is 0 Å². The van der Waals surface area contributed by atoms with Gasteiger partial charge in [0.05, 0.1) is 17.5 Å². The van der Waals surface area contributed by atoms with Crippen molar-refractivity contribution in [2.75, 3.05) is 18.5 Å². The lowest BCUT2D eigenvalue weighted by Gasteiger charge is -2.26. The van der Waals surface area contributed by atoms with Crippen molar-refractivity contribution in [1.29, 1.82) is 0 Å². The van der Waals surface area contributed by atoms with E-state index in [1.807, 2.05) is 38.1 Å². The number of furan rings is 1. The molecule has 0 bridgehead atoms. The van der Waals surface area contributed by atoms with Crippen LogP contribution in [0.5, 0.6) is 0 Å². The van der Waals surface area contributed by atoms with Gasteiger partial charge in [0.2, 0.25) is 0 Å². The predicted octanol–water partition coefficient (Wildman–Crippen LogP) is 4.92. The second-order valence-electron chi connectivity index (χ2n) is 7.44. The Balaban J connectivity index is 1.77. The van der Waals surface area contributed by atoms with Crippen molar-refractivity contribution in [3.8, 4) is 0 Å². The summed E-state index contributed by atoms with van der Waals surface area (Å²) in [5, 5.41) is 3.64. The number of nitrogens with zero attached hydrogens (tertiary/aromatic N) is 1. The highest BCUT2D eigenvalue weighted by Crippen LogP contribution is 2.26. The van der Waals surface area contributed by atoms with E-state index in [0.29, 0.717) is 22.8 Å². The fraction of sp³-hybridized carbons (Fsp3) is 0.217. The summed E-state index contributed by atoms with van der Waals surface area (Å²) < 4.78 is 5.19. The van der Waals surface area contributed by atoms with Gasteiger partial charge >= 0.3 is 0 Å². The first-order chi connectivity index (χ1) is 13.8. The highest BCUT2D eigenvalue weighted by atomic mass is 35.5. The summed E-state index contributed by atoms with van der Waals surface area (Å²) in [6.07, 6.45) is 1.44. The zero-order chi connectivity index (χ0) is 21.0. The molecule has 6 heteroatoms. The Labute approximate surface area is 175 Å². The van der Waals surface area contributed by atoms with Crippen LogP contribution in [0.25, 0.3) is 0 Å². The number of anilines is 1. The molecular formula is C23H23ClN2O3. The van der Waals surface area contributed by atoms with Crippen molar-refractivity contribution in [2.24, 2.45) is 0 Å². The average Bonchev–Trinajstić information content (AvgIpc) is 3.26. The van der Waals surface area contributed by atoms with Crippen molar-refractivity contribution < 1.29 is 14.0 Å². The van der Waals surface area contributed by atoms with E-state index in [9.17, 15) is 9.59 Å². The van der Waals surface area contributed by atoms with Gasteiger partial charge in [-0.25, -0.2) is 0 Å². The van der Waals surface area contributed by atoms with Crippen LogP contribution in [0.15, 0.2) is 71.3 Å². The molecule has 0 saturated heterocycles. The largest absolute Gasteiger partial charge is 0.459 e. The monoisotopic (exact) mass is 410 g/mol. The lowest BCUT2D eigenvalue weighted by atomic mass is 9.84. The van der Waals surface area contributed by atoms with Gasteiger partial charge in [0.15, 0.2) is 5.76 Å². The molecule has 0 fully saturated rings. The number of halogens is 1. The number of para-hydroxylation sites is 1. The van der Waals surface area contributed by atoms with Gasteiger partial charge in [-0.2, -0.15) is 0 Å². The maximum absolute atomic E-state index is 12.9. The van der Waals surface area contributed by atoms with Gasteiger partial charge in [-0.3, -0.25) is 9.59 Å². The fourth-order valence-electron chi connectivity index (χ4n) is 3.04. The van der Waals surface area contributed by atoms with E-state index >= 15 is 0 Å². The van der Waals surface area contributed by atoms with E-state index in [-0.39, 0.29) is 23.0 Å². The Bertz CT molecular complexity index is 1010. The standard InChI is InChI=1S/C23H23ClN2O3/c1-23(2,16-8-6-9-17(24)14-16)15-25-21(27)18-10-4-5-11-19(18)26(3)22(28)20-12-7-13-29-20/h4-14H,15H2,1-3H3,(H,25,27). The quantitative estimate of drug-likeness (QED) is 0.627. The van der Waals surface area contributed by atoms with Crippen molar-refractivity contribution in [2.45, 2.75) is 19.3 Å². The van der Waals surface area contributed by atoms with Crippen molar-refractivity contribution >= 4 is 29.1 Å². The molecule has 1 heterocycles. The van der Waals surface area contributed by atoms with Crippen molar-refractivity contribution in [3.05, 3.63) is 88.8 Å². The summed E-state index contributed by atoms with van der Waals surface area (Å²) >= 11 is 6.10. The molecule has 0 aliphatic carbocycles. The Morgan fingerprint density at radius 3 is 2.52 bits per heavy atom. The summed E-state index contributed by atoms with van der Waals surface area (Å²) in [5.41, 5.74) is 1.64. The molecule has 29 heavy (non-hydrogen) atoms. The van der Waals surface area contributed by atoms with Crippen LogP contribution in [0, 0.1) is 0 Å². The molecule has 1 N–H and O–H groups in total. The third-order valence-corrected chi connectivity index (χ3v) is 5.08. The molecule has 2 amide bonds. The second-order valence-corrected chi connectivity index (χ2v) is 7.87. The van der Waals surface area contributed by atoms with Crippen LogP contribution in [-0.2, 0) is 5.41 Å². The van der Waals surface area contributed by atoms with E-state index in [1.165, 1.54) is 11.2 Å². The zero-order valence-corrected chi connectivity index (χ0v) is 17.4. The van der Waals surface area contributed by atoms with Gasteiger partial charge in [-0.1, -0.05) is 49.7 Å². The Morgan fingerprint density at radius 2 is 1.83 bits per heavy atom. The van der Waals surface area contributed by atoms with Crippen molar-refractivity contribution in [3.63, 3.8) is 0 Å². The minimum atomic E-state index is -0.325. The molecule has 0 aliphatic heterocycles. The van der Waals surface area contributed by atoms with Crippen LogP contribution < -0.4 is 10.2 Å². The Hall–Kier alpha value is -3.05. The first kappa shape index (κ1) is 20.7. The summed E-state index contributed by atoms with van der Waals surface area (Å²) in [5.74, 6) is -0.367. The van der Waals surface area contributed by atoms with E-state index in [0.717, 1.165) is 5.56 Å². The van der Waals surface area contributed by atoms with Gasteiger partial charge in [-0.15, -0.1) is 0 Å². The fourth-order valence-corrected chi connectivity index (χ4v) is 3.23. The summed E-state index contributed by atoms with van der Waals surface area (Å²) in [6.45, 7) is 4.49. The number of amides is 2. The number of carbonyl (C=O) groups excluding carboxylic acids is 2. The maximum Gasteiger partial charge on any atom is 0.293 e. The molecule has 0 spiro atoms. The SMILES string of the molecule is CN(C(=O)c1ccco1)c1ccccc1C(=O)NCC(C)(C)c1cccc(Cl)c1. The number of hydrogen-bond donors (Lipinski definition) is 1. The normalized spacial score (nSPS) is 11.2. The smallest absolute Gasteiger partial charge is 0.293 e. The minimum absolute atomic E-state index is 0.213. The molecule has 1 aromatic heterocycles. The van der Waals surface area contributed by atoms with E-state index in [1.54, 1.807) is 43.4 Å². The molecule has 0 unspecified atom stereocenters. The summed E-state index contributed by atoms with van der Waals surface area (Å²) in [6, 6.07) is 17.8. The number of hydrogen-bond acceptors (Lipinski definition) is 3. The first-order valence-corrected chi connectivity index (χ1v) is 9.62. The molecule has 0 aliphatic rings. The molecule has 0 saturated carbocycles. The highest BCUT2D eigenvalue weighted by Gasteiger charge is 2.24. The molecule has 2 aromatic carbocycles. The summed E-state index contributed by atoms with van der Waals surface area (Å²) in [4.78, 5) is 26.9. The number of rotatable bonds is 6. The third-order valence-electron chi connectivity index (χ3n) is 4.84. The lowest BCUT2D eigenvalue weighted by Crippen LogP contribution is -2.37. The first-order valence-electron chi connectivity index (χ1n) is 9.24. The highest BCUT2D eigenvalue weighted by molar-refractivity contribution is 6.30. The van der Waals surface area contributed by atoms with Crippen LogP contribution in [0.3, 0.4) is 0 Å². The number of carbonyl (C=O) groups is 2. The molecule has 150 valence electrons. The Kier molecular flexibility index (Phi) is 6.09. The molecule has 0 atom stereocenters. The lowest BCUT2D eigenvalue weighted by molar-refractivity contribution is 0.0946. The van der Waals surface area contributed by atoms with Gasteiger partial charge in [-0.05, 0) is 42.0 Å². The minimum Gasteiger partial charge on any atom is -0.459 e. The van der Waals surface area contributed by atoms with E-state index in [4.69, 9.17) is 16.0 Å². The predicted molar refractivity (Wildman–Crippen MR) is 115 cm³/mol. The maximum atomic E-state index is 12.9. The van der Waals surface area contributed by atoms with Gasteiger partial charge in [0, 0.05) is 24.0 Å². The van der Waals surface area contributed by atoms with Crippen LogP contribution in [-0.4, -0.2) is 25.4 Å². The molecule has 3 aromatic rings. The van der Waals surface area contributed by atoms with Gasteiger partial charge in [0.25, 0.3) is 11.8 Å². The van der Waals surface area contributed by atoms with Gasteiger partial charge < -0.3 is 14.6 Å². The summed E-state index contributed by atoms with van der Waals surface area (Å²) in [7, 11) is 1.62. The van der Waals surface area contributed by atoms with Crippen LogP contribution in [0.1, 0.15) is 40.3 Å². The van der Waals surface area contributed by atoms with Crippen LogP contribution in [0.2, 0.25) is 5.02 Å². The molecular weight excluding hydrogens is 388 g/mol. The van der Waals surface area contributed by atoms with Crippen LogP contribution >= 0.6 is 11.6 Å². The Morgan fingerprint density at radius 1 is 1.07 bits per heavy atom. The molecule has 0 radical (unpaired) electrons. The van der Waals surface area contributed by atoms with Crippen molar-refractivity contribution in [1.82, 2.24) is 5.32 Å². The number of nitrogens with one attached hydrogen (secondary N) is 1. The third kappa shape index (κ3) is 4.69. The van der Waals surface area contributed by atoms with Crippen LogP contribution in [0.4, 0.5) is 5.69 Å². The number of benzene rings is 2. The zero-order valence-electron chi connectivity index (χ0n) is 16.6. The van der Waals surface area contributed by atoms with E-state index in [2.05, 4.69) is 5.32 Å².